The third kappa shape index (κ3) is 7.98. The molecule has 1 saturated heterocycles. The van der Waals surface area contributed by atoms with Crippen LogP contribution >= 0.6 is 0 Å². The second-order valence-electron chi connectivity index (χ2n) is 8.72. The van der Waals surface area contributed by atoms with Gasteiger partial charge >= 0.3 is 0 Å². The average molecular weight is 341 g/mol. The molecule has 1 aliphatic rings. The Kier molecular flexibility index (Phi) is 9.28. The highest BCUT2D eigenvalue weighted by Gasteiger charge is 2.39. The zero-order chi connectivity index (χ0) is 18.2. The first kappa shape index (κ1) is 21.4. The van der Waals surface area contributed by atoms with Crippen molar-refractivity contribution >= 4 is 5.91 Å². The number of amides is 1. The Morgan fingerprint density at radius 1 is 1.29 bits per heavy atom. The molecule has 4 heteroatoms. The fourth-order valence-corrected chi connectivity index (χ4v) is 3.54. The van der Waals surface area contributed by atoms with Crippen molar-refractivity contribution in [3.8, 4) is 0 Å². The van der Waals surface area contributed by atoms with E-state index in [0.717, 1.165) is 45.4 Å². The van der Waals surface area contributed by atoms with Gasteiger partial charge in [0.15, 0.2) is 0 Å². The normalized spacial score (nSPS) is 24.8. The Balaban J connectivity index is 2.59. The molecule has 1 aliphatic heterocycles. The number of hydrogen-bond acceptors (Lipinski definition) is 3. The van der Waals surface area contributed by atoms with E-state index in [2.05, 4.69) is 52.0 Å². The molecule has 0 aromatic carbocycles. The molecular weight excluding hydrogens is 300 g/mol. The zero-order valence-corrected chi connectivity index (χ0v) is 16.9. The van der Waals surface area contributed by atoms with Gasteiger partial charge in [0.2, 0.25) is 5.91 Å². The number of carbonyl (C=O) groups is 1. The van der Waals surface area contributed by atoms with Gasteiger partial charge < -0.3 is 15.0 Å². The van der Waals surface area contributed by atoms with Gasteiger partial charge in [0.25, 0.3) is 0 Å². The molecule has 0 spiro atoms. The minimum Gasteiger partial charge on any atom is -0.378 e. The maximum absolute atomic E-state index is 12.5. The van der Waals surface area contributed by atoms with Gasteiger partial charge in [0.1, 0.15) is 0 Å². The molecule has 142 valence electrons. The minimum atomic E-state index is 0.128. The third-order valence-electron chi connectivity index (χ3n) is 5.23. The lowest BCUT2D eigenvalue weighted by Gasteiger charge is -2.42. The number of hydrogen-bond donors (Lipinski definition) is 1. The molecule has 0 aromatic heterocycles. The van der Waals surface area contributed by atoms with Crippen LogP contribution in [0.25, 0.3) is 0 Å². The topological polar surface area (TPSA) is 41.6 Å². The summed E-state index contributed by atoms with van der Waals surface area (Å²) in [5, 5.41) is 3.14. The Morgan fingerprint density at radius 2 is 2.00 bits per heavy atom. The van der Waals surface area contributed by atoms with Crippen molar-refractivity contribution in [1.82, 2.24) is 10.2 Å². The maximum Gasteiger partial charge on any atom is 0.220 e. The lowest BCUT2D eigenvalue weighted by atomic mass is 9.69. The molecule has 24 heavy (non-hydrogen) atoms. The molecule has 0 aromatic rings. The monoisotopic (exact) mass is 340 g/mol. The van der Waals surface area contributed by atoms with Crippen molar-refractivity contribution in [1.29, 1.82) is 0 Å². The zero-order valence-electron chi connectivity index (χ0n) is 16.9. The molecule has 1 amide bonds. The van der Waals surface area contributed by atoms with E-state index in [1.807, 2.05) is 0 Å². The Bertz CT molecular complexity index is 369. The Labute approximate surface area is 149 Å². The highest BCUT2D eigenvalue weighted by molar-refractivity contribution is 5.76. The molecule has 1 fully saturated rings. The van der Waals surface area contributed by atoms with Crippen molar-refractivity contribution in [3.63, 3.8) is 0 Å². The van der Waals surface area contributed by atoms with E-state index >= 15 is 0 Å². The van der Waals surface area contributed by atoms with Crippen LogP contribution in [0.3, 0.4) is 0 Å². The first-order chi connectivity index (χ1) is 11.2. The summed E-state index contributed by atoms with van der Waals surface area (Å²) in [6.07, 6.45) is 6.36. The van der Waals surface area contributed by atoms with Crippen molar-refractivity contribution in [2.24, 2.45) is 17.3 Å². The summed E-state index contributed by atoms with van der Waals surface area (Å²) >= 11 is 0. The van der Waals surface area contributed by atoms with Crippen LogP contribution in [0, 0.1) is 17.3 Å². The summed E-state index contributed by atoms with van der Waals surface area (Å²) in [7, 11) is 4.13. The number of nitrogens with one attached hydrogen (secondary N) is 1. The van der Waals surface area contributed by atoms with Gasteiger partial charge in [-0.05, 0) is 63.6 Å². The van der Waals surface area contributed by atoms with Crippen LogP contribution in [0.2, 0.25) is 0 Å². The van der Waals surface area contributed by atoms with Crippen molar-refractivity contribution in [2.45, 2.75) is 72.3 Å². The molecule has 2 atom stereocenters. The van der Waals surface area contributed by atoms with Gasteiger partial charge in [-0.1, -0.05) is 34.1 Å². The summed E-state index contributed by atoms with van der Waals surface area (Å²) in [5.41, 5.74) is 0.128. The van der Waals surface area contributed by atoms with Crippen molar-refractivity contribution in [3.05, 3.63) is 0 Å². The van der Waals surface area contributed by atoms with Crippen LogP contribution in [-0.4, -0.2) is 50.7 Å². The molecule has 1 N–H and O–H groups in total. The lowest BCUT2D eigenvalue weighted by Crippen LogP contribution is -2.41. The van der Waals surface area contributed by atoms with Crippen molar-refractivity contribution in [2.75, 3.05) is 33.8 Å². The fraction of sp³-hybridized carbons (Fsp3) is 0.950. The molecule has 0 bridgehead atoms. The van der Waals surface area contributed by atoms with E-state index in [1.165, 1.54) is 6.42 Å². The van der Waals surface area contributed by atoms with E-state index in [4.69, 9.17) is 4.74 Å². The highest BCUT2D eigenvalue weighted by Crippen LogP contribution is 2.43. The number of rotatable bonds is 10. The molecule has 0 aliphatic carbocycles. The second-order valence-corrected chi connectivity index (χ2v) is 8.72. The van der Waals surface area contributed by atoms with Gasteiger partial charge in [-0.3, -0.25) is 4.79 Å². The SMILES string of the molecule is CC(C)CC[C@]1(CC(=O)NCCCN(C)C)CCO[C@H](C(C)C)C1. The van der Waals surface area contributed by atoms with E-state index in [9.17, 15) is 4.79 Å². The van der Waals surface area contributed by atoms with Crippen LogP contribution in [0.4, 0.5) is 0 Å². The molecule has 0 saturated carbocycles. The van der Waals surface area contributed by atoms with Gasteiger partial charge in [-0.2, -0.15) is 0 Å². The van der Waals surface area contributed by atoms with Gasteiger partial charge in [-0.15, -0.1) is 0 Å². The molecule has 0 radical (unpaired) electrons. The largest absolute Gasteiger partial charge is 0.378 e. The maximum atomic E-state index is 12.5. The molecule has 1 heterocycles. The Hall–Kier alpha value is -0.610. The summed E-state index contributed by atoms with van der Waals surface area (Å²) in [4.78, 5) is 14.7. The average Bonchev–Trinajstić information content (AvgIpc) is 2.50. The number of ether oxygens (including phenoxy) is 1. The van der Waals surface area contributed by atoms with E-state index in [-0.39, 0.29) is 11.3 Å². The van der Waals surface area contributed by atoms with E-state index in [1.54, 1.807) is 0 Å². The van der Waals surface area contributed by atoms with Crippen LogP contribution in [0.1, 0.15) is 66.2 Å². The van der Waals surface area contributed by atoms with E-state index < -0.39 is 0 Å². The first-order valence-corrected chi connectivity index (χ1v) is 9.77. The predicted octanol–water partition coefficient (Wildman–Crippen LogP) is 3.70. The standard InChI is InChI=1S/C20H40N2O2/c1-16(2)8-9-20(10-13-24-18(14-20)17(3)4)15-19(23)21-11-7-12-22(5)6/h16-18H,7-15H2,1-6H3,(H,21,23)/t18-,20-/m0/s1. The first-order valence-electron chi connectivity index (χ1n) is 9.77. The fourth-order valence-electron chi connectivity index (χ4n) is 3.54. The van der Waals surface area contributed by atoms with Crippen LogP contribution in [0.5, 0.6) is 0 Å². The minimum absolute atomic E-state index is 0.128. The highest BCUT2D eigenvalue weighted by atomic mass is 16.5. The van der Waals surface area contributed by atoms with Crippen LogP contribution in [-0.2, 0) is 9.53 Å². The van der Waals surface area contributed by atoms with Gasteiger partial charge in [0.05, 0.1) is 6.10 Å². The van der Waals surface area contributed by atoms with E-state index in [0.29, 0.717) is 24.4 Å². The van der Waals surface area contributed by atoms with Crippen LogP contribution < -0.4 is 5.32 Å². The lowest BCUT2D eigenvalue weighted by molar-refractivity contribution is -0.128. The summed E-state index contributed by atoms with van der Waals surface area (Å²) in [5.74, 6) is 1.43. The molecule has 1 rings (SSSR count). The summed E-state index contributed by atoms with van der Waals surface area (Å²) in [6, 6.07) is 0. The number of carbonyl (C=O) groups excluding carboxylic acids is 1. The predicted molar refractivity (Wildman–Crippen MR) is 101 cm³/mol. The second kappa shape index (κ2) is 10.4. The van der Waals surface area contributed by atoms with Gasteiger partial charge in [-0.25, -0.2) is 0 Å². The molecule has 4 nitrogen and oxygen atoms in total. The number of nitrogens with zero attached hydrogens (tertiary/aromatic N) is 1. The Morgan fingerprint density at radius 3 is 2.58 bits per heavy atom. The third-order valence-corrected chi connectivity index (χ3v) is 5.23. The summed E-state index contributed by atoms with van der Waals surface area (Å²) < 4.78 is 5.97. The van der Waals surface area contributed by atoms with Crippen molar-refractivity contribution < 1.29 is 9.53 Å². The smallest absolute Gasteiger partial charge is 0.220 e. The van der Waals surface area contributed by atoms with Crippen LogP contribution in [0.15, 0.2) is 0 Å². The molecule has 0 unspecified atom stereocenters. The quantitative estimate of drug-likeness (QED) is 0.617. The van der Waals surface area contributed by atoms with Gasteiger partial charge in [0, 0.05) is 19.6 Å². The molecular formula is C20H40N2O2. The summed E-state index contributed by atoms with van der Waals surface area (Å²) in [6.45, 7) is 11.6.